The Balaban J connectivity index is 1.15. The lowest BCUT2D eigenvalue weighted by Gasteiger charge is -2.24. The molecule has 0 radical (unpaired) electrons. The van der Waals surface area contributed by atoms with E-state index >= 15 is 0 Å². The topological polar surface area (TPSA) is 88.1 Å². The van der Waals surface area contributed by atoms with E-state index in [-0.39, 0.29) is 17.2 Å². The molecule has 1 fully saturated rings. The zero-order valence-corrected chi connectivity index (χ0v) is 21.7. The summed E-state index contributed by atoms with van der Waals surface area (Å²) >= 11 is 1.58. The molecule has 2 amide bonds. The van der Waals surface area contributed by atoms with E-state index in [1.807, 2.05) is 53.4 Å². The number of ether oxygens (including phenoxy) is 1. The molecule has 194 valence electrons. The Morgan fingerprint density at radius 3 is 2.23 bits per heavy atom. The number of rotatable bonds is 8. The van der Waals surface area contributed by atoms with Gasteiger partial charge >= 0.3 is 5.97 Å². The molecule has 7 nitrogen and oxygen atoms in total. The monoisotopic (exact) mass is 535 g/mol. The van der Waals surface area contributed by atoms with E-state index in [0.717, 1.165) is 16.7 Å². The maximum absolute atomic E-state index is 12.6. The standard InChI is InChI=1S/C31H25N3O4S/c35-28-21-39-30(34(28)20-23-7-3-1-4-8-23)25-15-13-24(14-16-25)29(36)33-32-19-22-11-17-27(18-12-22)38-31(37)26-9-5-2-6-10-26/h1-19,30H,20-21H2,(H,33,36)/b32-19-/t30-/m0/s1. The number of nitrogens with zero attached hydrogens (tertiary/aromatic N) is 2. The summed E-state index contributed by atoms with van der Waals surface area (Å²) in [6, 6.07) is 32.7. The van der Waals surface area contributed by atoms with E-state index in [1.54, 1.807) is 72.4 Å². The molecule has 0 aliphatic carbocycles. The summed E-state index contributed by atoms with van der Waals surface area (Å²) in [5.41, 5.74) is 6.24. The summed E-state index contributed by atoms with van der Waals surface area (Å²) in [6.07, 6.45) is 1.51. The third-order valence-electron chi connectivity index (χ3n) is 6.10. The second-order valence-corrected chi connectivity index (χ2v) is 9.88. The molecule has 5 rings (SSSR count). The van der Waals surface area contributed by atoms with Crippen molar-refractivity contribution < 1.29 is 19.1 Å². The lowest BCUT2D eigenvalue weighted by molar-refractivity contribution is -0.128. The first kappa shape index (κ1) is 25.9. The van der Waals surface area contributed by atoms with Crippen LogP contribution in [0.1, 0.15) is 42.8 Å². The van der Waals surface area contributed by atoms with Crippen LogP contribution in [0.5, 0.6) is 5.75 Å². The largest absolute Gasteiger partial charge is 0.423 e. The SMILES string of the molecule is O=C(N/N=C\c1ccc(OC(=O)c2ccccc2)cc1)c1ccc([C@@H]2SCC(=O)N2Cc2ccccc2)cc1. The molecule has 4 aromatic carbocycles. The predicted molar refractivity (Wildman–Crippen MR) is 152 cm³/mol. The Kier molecular flexibility index (Phi) is 8.14. The van der Waals surface area contributed by atoms with Crippen LogP contribution in [-0.2, 0) is 11.3 Å². The van der Waals surface area contributed by atoms with Crippen LogP contribution >= 0.6 is 11.8 Å². The highest BCUT2D eigenvalue weighted by Gasteiger charge is 2.32. The van der Waals surface area contributed by atoms with Crippen LogP contribution in [-0.4, -0.2) is 34.7 Å². The molecule has 39 heavy (non-hydrogen) atoms. The predicted octanol–water partition coefficient (Wildman–Crippen LogP) is 5.44. The third kappa shape index (κ3) is 6.61. The summed E-state index contributed by atoms with van der Waals surface area (Å²) in [7, 11) is 0. The minimum atomic E-state index is -0.433. The Hall–Kier alpha value is -4.69. The molecular weight excluding hydrogens is 510 g/mol. The lowest BCUT2D eigenvalue weighted by atomic mass is 10.1. The summed E-state index contributed by atoms with van der Waals surface area (Å²) in [6.45, 7) is 0.546. The van der Waals surface area contributed by atoms with Crippen LogP contribution in [0.3, 0.4) is 0 Å². The lowest BCUT2D eigenvalue weighted by Crippen LogP contribution is -2.27. The van der Waals surface area contributed by atoms with Crippen LogP contribution in [0.4, 0.5) is 0 Å². The van der Waals surface area contributed by atoms with Crippen LogP contribution in [0.25, 0.3) is 0 Å². The number of hydrogen-bond donors (Lipinski definition) is 1. The molecule has 1 N–H and O–H groups in total. The van der Waals surface area contributed by atoms with Crippen LogP contribution < -0.4 is 10.2 Å². The van der Waals surface area contributed by atoms with Crippen LogP contribution in [0, 0.1) is 0 Å². The Labute approximate surface area is 230 Å². The average molecular weight is 536 g/mol. The number of carbonyl (C=O) groups excluding carboxylic acids is 3. The second kappa shape index (κ2) is 12.2. The van der Waals surface area contributed by atoms with E-state index in [1.165, 1.54) is 6.21 Å². The molecule has 0 saturated carbocycles. The molecule has 1 aliphatic rings. The second-order valence-electron chi connectivity index (χ2n) is 8.82. The zero-order chi connectivity index (χ0) is 27.0. The van der Waals surface area contributed by atoms with Crippen molar-refractivity contribution in [2.45, 2.75) is 11.9 Å². The Morgan fingerprint density at radius 1 is 0.872 bits per heavy atom. The number of hydrogen-bond acceptors (Lipinski definition) is 6. The Bertz CT molecular complexity index is 1470. The van der Waals surface area contributed by atoms with Gasteiger partial charge in [0.1, 0.15) is 11.1 Å². The number of thioether (sulfide) groups is 1. The third-order valence-corrected chi connectivity index (χ3v) is 7.36. The maximum Gasteiger partial charge on any atom is 0.343 e. The fourth-order valence-corrected chi connectivity index (χ4v) is 5.26. The van der Waals surface area contributed by atoms with Crippen molar-refractivity contribution in [3.8, 4) is 5.75 Å². The molecule has 8 heteroatoms. The van der Waals surface area contributed by atoms with Crippen LogP contribution in [0.2, 0.25) is 0 Å². The van der Waals surface area contributed by atoms with Gasteiger partial charge in [0.25, 0.3) is 5.91 Å². The first-order valence-electron chi connectivity index (χ1n) is 12.3. The number of benzene rings is 4. The number of esters is 1. The molecular formula is C31H25N3O4S. The van der Waals surface area contributed by atoms with Crippen molar-refractivity contribution in [1.29, 1.82) is 0 Å². The summed E-state index contributed by atoms with van der Waals surface area (Å²) in [4.78, 5) is 39.1. The van der Waals surface area contributed by atoms with E-state index in [9.17, 15) is 14.4 Å². The fourth-order valence-electron chi connectivity index (χ4n) is 4.07. The number of amides is 2. The molecule has 1 heterocycles. The van der Waals surface area contributed by atoms with Crippen molar-refractivity contribution >= 4 is 35.8 Å². The first-order chi connectivity index (χ1) is 19.1. The highest BCUT2D eigenvalue weighted by molar-refractivity contribution is 8.00. The summed E-state index contributed by atoms with van der Waals surface area (Å²) in [5, 5.41) is 3.94. The molecule has 1 saturated heterocycles. The number of nitrogens with one attached hydrogen (secondary N) is 1. The molecule has 0 bridgehead atoms. The van der Waals surface area contributed by atoms with Crippen molar-refractivity contribution in [2.24, 2.45) is 5.10 Å². The molecule has 4 aromatic rings. The zero-order valence-electron chi connectivity index (χ0n) is 20.9. The summed E-state index contributed by atoms with van der Waals surface area (Å²) < 4.78 is 5.37. The van der Waals surface area contributed by atoms with Gasteiger partial charge in [0.15, 0.2) is 0 Å². The fraction of sp³-hybridized carbons (Fsp3) is 0.0968. The first-order valence-corrected chi connectivity index (χ1v) is 13.4. The number of carbonyl (C=O) groups is 3. The van der Waals surface area contributed by atoms with Gasteiger partial charge in [0.2, 0.25) is 5.91 Å². The van der Waals surface area contributed by atoms with E-state index in [4.69, 9.17) is 4.74 Å². The van der Waals surface area contributed by atoms with Gasteiger partial charge in [-0.3, -0.25) is 9.59 Å². The molecule has 0 spiro atoms. The molecule has 1 aliphatic heterocycles. The molecule has 1 atom stereocenters. The van der Waals surface area contributed by atoms with Crippen LogP contribution in [0.15, 0.2) is 114 Å². The highest BCUT2D eigenvalue weighted by atomic mass is 32.2. The molecule has 0 aromatic heterocycles. The van der Waals surface area contributed by atoms with Gasteiger partial charge in [0, 0.05) is 12.1 Å². The smallest absolute Gasteiger partial charge is 0.343 e. The minimum Gasteiger partial charge on any atom is -0.423 e. The Morgan fingerprint density at radius 2 is 1.54 bits per heavy atom. The van der Waals surface area contributed by atoms with Gasteiger partial charge in [-0.25, -0.2) is 10.2 Å². The van der Waals surface area contributed by atoms with Gasteiger partial charge in [-0.2, -0.15) is 5.10 Å². The van der Waals surface area contributed by atoms with E-state index in [2.05, 4.69) is 10.5 Å². The van der Waals surface area contributed by atoms with Gasteiger partial charge < -0.3 is 9.64 Å². The van der Waals surface area contributed by atoms with Crippen molar-refractivity contribution in [1.82, 2.24) is 10.3 Å². The van der Waals surface area contributed by atoms with Gasteiger partial charge in [-0.05, 0) is 65.2 Å². The van der Waals surface area contributed by atoms with Gasteiger partial charge in [-0.1, -0.05) is 60.7 Å². The van der Waals surface area contributed by atoms with Gasteiger partial charge in [-0.15, -0.1) is 11.8 Å². The molecule has 0 unspecified atom stereocenters. The normalized spacial score (nSPS) is 14.9. The number of hydrazone groups is 1. The van der Waals surface area contributed by atoms with Crippen molar-refractivity contribution in [3.63, 3.8) is 0 Å². The maximum atomic E-state index is 12.6. The van der Waals surface area contributed by atoms with Gasteiger partial charge in [0.05, 0.1) is 17.5 Å². The van der Waals surface area contributed by atoms with Crippen molar-refractivity contribution in [3.05, 3.63) is 137 Å². The highest BCUT2D eigenvalue weighted by Crippen LogP contribution is 2.39. The van der Waals surface area contributed by atoms with E-state index in [0.29, 0.717) is 29.2 Å². The summed E-state index contributed by atoms with van der Waals surface area (Å²) in [5.74, 6) is 0.173. The minimum absolute atomic E-state index is 0.0947. The van der Waals surface area contributed by atoms with E-state index < -0.39 is 5.97 Å². The van der Waals surface area contributed by atoms with Crippen molar-refractivity contribution in [2.75, 3.05) is 5.75 Å². The quantitative estimate of drug-likeness (QED) is 0.140. The average Bonchev–Trinajstić information content (AvgIpc) is 3.34.